The quantitative estimate of drug-likeness (QED) is 0.561. The molecule has 2 radical (unpaired) electrons. The minimum atomic E-state index is 0.360. The summed E-state index contributed by atoms with van der Waals surface area (Å²) in [7, 11) is 0. The lowest BCUT2D eigenvalue weighted by Crippen LogP contribution is -2.05. The SMILES string of the molecule is [CH]C(C)[C@@H](C)CCC(C)C. The van der Waals surface area contributed by atoms with E-state index in [-0.39, 0.29) is 0 Å². The molecule has 10 heavy (non-hydrogen) atoms. The van der Waals surface area contributed by atoms with Crippen molar-refractivity contribution in [2.45, 2.75) is 40.5 Å². The summed E-state index contributed by atoms with van der Waals surface area (Å²) in [6.07, 6.45) is 2.58. The van der Waals surface area contributed by atoms with Crippen LogP contribution in [0, 0.1) is 24.7 Å². The first-order chi connectivity index (χ1) is 4.54. The minimum Gasteiger partial charge on any atom is -0.0628 e. The van der Waals surface area contributed by atoms with Crippen LogP contribution in [0.5, 0.6) is 0 Å². The smallest absolute Gasteiger partial charge is 0.0318 e. The standard InChI is InChI=1S/C10H20/c1-8(2)6-7-10(5)9(3)4/h3,8-10H,6-7H2,1-2,4-5H3/t9?,10-/m0/s1. The van der Waals surface area contributed by atoms with E-state index in [9.17, 15) is 0 Å². The fourth-order valence-corrected chi connectivity index (χ4v) is 0.859. The molecule has 1 unspecified atom stereocenters. The molecule has 2 atom stereocenters. The van der Waals surface area contributed by atoms with E-state index >= 15 is 0 Å². The second-order valence-electron chi connectivity index (χ2n) is 3.81. The Morgan fingerprint density at radius 1 is 1.00 bits per heavy atom. The maximum absolute atomic E-state index is 5.72. The summed E-state index contributed by atoms with van der Waals surface area (Å²) >= 11 is 0. The largest absolute Gasteiger partial charge is 0.0628 e. The molecule has 0 amide bonds. The summed E-state index contributed by atoms with van der Waals surface area (Å²) in [4.78, 5) is 0. The Bertz CT molecular complexity index is 72.1. The average molecular weight is 140 g/mol. The van der Waals surface area contributed by atoms with E-state index in [1.54, 1.807) is 0 Å². The summed E-state index contributed by atoms with van der Waals surface area (Å²) in [5, 5.41) is 0. The van der Waals surface area contributed by atoms with Crippen LogP contribution in [0.2, 0.25) is 0 Å². The molecule has 0 aliphatic rings. The third kappa shape index (κ3) is 4.84. The van der Waals surface area contributed by atoms with Crippen molar-refractivity contribution < 1.29 is 0 Å². The van der Waals surface area contributed by atoms with Crippen molar-refractivity contribution in [2.75, 3.05) is 0 Å². The van der Waals surface area contributed by atoms with Gasteiger partial charge in [-0.25, -0.2) is 0 Å². The van der Waals surface area contributed by atoms with Gasteiger partial charge in [0.2, 0.25) is 0 Å². The molecule has 0 saturated heterocycles. The van der Waals surface area contributed by atoms with Gasteiger partial charge in [-0.1, -0.05) is 40.5 Å². The predicted octanol–water partition coefficient (Wildman–Crippen LogP) is 3.41. The summed E-state index contributed by atoms with van der Waals surface area (Å²) in [5.41, 5.74) is 0. The van der Waals surface area contributed by atoms with Crippen molar-refractivity contribution in [2.24, 2.45) is 17.8 Å². The zero-order valence-corrected chi connectivity index (χ0v) is 7.72. The van der Waals surface area contributed by atoms with Gasteiger partial charge in [-0.3, -0.25) is 0 Å². The van der Waals surface area contributed by atoms with E-state index in [0.717, 1.165) is 5.92 Å². The zero-order valence-electron chi connectivity index (χ0n) is 7.72. The Balaban J connectivity index is 3.30. The van der Waals surface area contributed by atoms with Gasteiger partial charge in [-0.15, -0.1) is 0 Å². The van der Waals surface area contributed by atoms with Crippen molar-refractivity contribution in [3.05, 3.63) is 6.92 Å². The topological polar surface area (TPSA) is 0 Å². The van der Waals surface area contributed by atoms with Crippen LogP contribution < -0.4 is 0 Å². The van der Waals surface area contributed by atoms with E-state index in [4.69, 9.17) is 6.92 Å². The van der Waals surface area contributed by atoms with Crippen LogP contribution >= 0.6 is 0 Å². The van der Waals surface area contributed by atoms with Gasteiger partial charge in [0.05, 0.1) is 0 Å². The zero-order chi connectivity index (χ0) is 8.15. The van der Waals surface area contributed by atoms with E-state index in [2.05, 4.69) is 27.7 Å². The van der Waals surface area contributed by atoms with Gasteiger partial charge in [0.1, 0.15) is 0 Å². The maximum atomic E-state index is 5.72. The normalized spacial score (nSPS) is 14.7. The lowest BCUT2D eigenvalue weighted by atomic mass is 9.91. The summed E-state index contributed by atoms with van der Waals surface area (Å²) in [6, 6.07) is 0. The lowest BCUT2D eigenvalue weighted by Gasteiger charge is -2.15. The van der Waals surface area contributed by atoms with Crippen LogP contribution in [0.25, 0.3) is 0 Å². The van der Waals surface area contributed by atoms with Gasteiger partial charge in [-0.05, 0) is 24.7 Å². The first-order valence-corrected chi connectivity index (χ1v) is 4.29. The van der Waals surface area contributed by atoms with E-state index in [1.807, 2.05) is 0 Å². The number of hydrogen-bond donors (Lipinski definition) is 0. The molecule has 0 aliphatic heterocycles. The first-order valence-electron chi connectivity index (χ1n) is 4.29. The minimum absolute atomic E-state index is 0.360. The number of hydrogen-bond acceptors (Lipinski definition) is 0. The molecule has 0 bridgehead atoms. The highest BCUT2D eigenvalue weighted by Crippen LogP contribution is 2.18. The molecule has 0 aromatic rings. The summed E-state index contributed by atoms with van der Waals surface area (Å²) < 4.78 is 0. The molecule has 0 heteroatoms. The fraction of sp³-hybridized carbons (Fsp3) is 0.900. The van der Waals surface area contributed by atoms with E-state index in [1.165, 1.54) is 12.8 Å². The Labute approximate surface area is 66.0 Å². The molecular weight excluding hydrogens is 120 g/mol. The molecule has 0 fully saturated rings. The van der Waals surface area contributed by atoms with Gasteiger partial charge >= 0.3 is 0 Å². The third-order valence-electron chi connectivity index (χ3n) is 2.10. The van der Waals surface area contributed by atoms with Crippen molar-refractivity contribution in [3.63, 3.8) is 0 Å². The Morgan fingerprint density at radius 2 is 1.50 bits per heavy atom. The van der Waals surface area contributed by atoms with Crippen molar-refractivity contribution in [3.8, 4) is 0 Å². The van der Waals surface area contributed by atoms with Crippen LogP contribution in [-0.4, -0.2) is 0 Å². The molecule has 0 aromatic carbocycles. The van der Waals surface area contributed by atoms with Crippen LogP contribution in [0.1, 0.15) is 40.5 Å². The van der Waals surface area contributed by atoms with Gasteiger partial charge < -0.3 is 0 Å². The molecule has 0 nitrogen and oxygen atoms in total. The van der Waals surface area contributed by atoms with Crippen LogP contribution in [0.3, 0.4) is 0 Å². The number of rotatable bonds is 4. The lowest BCUT2D eigenvalue weighted by molar-refractivity contribution is 0.382. The van der Waals surface area contributed by atoms with Crippen LogP contribution in [0.15, 0.2) is 0 Å². The Hall–Kier alpha value is 0. The van der Waals surface area contributed by atoms with E-state index < -0.39 is 0 Å². The van der Waals surface area contributed by atoms with Crippen molar-refractivity contribution >= 4 is 0 Å². The highest BCUT2D eigenvalue weighted by Gasteiger charge is 2.07. The summed E-state index contributed by atoms with van der Waals surface area (Å²) in [6.45, 7) is 14.6. The Morgan fingerprint density at radius 3 is 1.80 bits per heavy atom. The molecule has 0 heterocycles. The van der Waals surface area contributed by atoms with Crippen molar-refractivity contribution in [1.29, 1.82) is 0 Å². The van der Waals surface area contributed by atoms with Gasteiger partial charge in [0.15, 0.2) is 0 Å². The molecule has 0 rings (SSSR count). The van der Waals surface area contributed by atoms with Gasteiger partial charge in [0.25, 0.3) is 0 Å². The predicted molar refractivity (Wildman–Crippen MR) is 46.7 cm³/mol. The second-order valence-corrected chi connectivity index (χ2v) is 3.81. The summed E-state index contributed by atoms with van der Waals surface area (Å²) in [5.74, 6) is 1.86. The fourth-order valence-electron chi connectivity index (χ4n) is 0.859. The molecule has 0 spiro atoms. The first kappa shape index (κ1) is 10.0. The van der Waals surface area contributed by atoms with Gasteiger partial charge in [-0.2, -0.15) is 0 Å². The van der Waals surface area contributed by atoms with Gasteiger partial charge in [0, 0.05) is 0 Å². The second kappa shape index (κ2) is 4.76. The average Bonchev–Trinajstić information content (AvgIpc) is 1.82. The molecule has 0 saturated carbocycles. The maximum Gasteiger partial charge on any atom is -0.0318 e. The third-order valence-corrected chi connectivity index (χ3v) is 2.10. The monoisotopic (exact) mass is 140 g/mol. The van der Waals surface area contributed by atoms with Crippen LogP contribution in [-0.2, 0) is 0 Å². The molecule has 0 aromatic heterocycles. The van der Waals surface area contributed by atoms with Crippen LogP contribution in [0.4, 0.5) is 0 Å². The highest BCUT2D eigenvalue weighted by atomic mass is 14.1. The molecule has 60 valence electrons. The highest BCUT2D eigenvalue weighted by molar-refractivity contribution is 4.63. The molecular formula is C10H20. The van der Waals surface area contributed by atoms with E-state index in [0.29, 0.717) is 11.8 Å². The Kier molecular flexibility index (Phi) is 4.76. The molecule has 0 aliphatic carbocycles. The molecule has 0 N–H and O–H groups in total. The van der Waals surface area contributed by atoms with Crippen molar-refractivity contribution in [1.82, 2.24) is 0 Å².